The number of benzene rings is 3. The fourth-order valence-corrected chi connectivity index (χ4v) is 4.38. The van der Waals surface area contributed by atoms with Crippen molar-refractivity contribution in [1.29, 1.82) is 0 Å². The summed E-state index contributed by atoms with van der Waals surface area (Å²) in [5.74, 6) is 2.67. The highest BCUT2D eigenvalue weighted by Gasteiger charge is 2.16. The molecule has 2 heterocycles. The molecule has 1 aliphatic rings. The van der Waals surface area contributed by atoms with Crippen LogP contribution in [0, 0.1) is 0 Å². The lowest BCUT2D eigenvalue weighted by Crippen LogP contribution is -2.39. The summed E-state index contributed by atoms with van der Waals surface area (Å²) in [6.07, 6.45) is 3.81. The third kappa shape index (κ3) is 5.10. The summed E-state index contributed by atoms with van der Waals surface area (Å²) in [4.78, 5) is 6.84. The summed E-state index contributed by atoms with van der Waals surface area (Å²) in [5.41, 5.74) is 10.00. The SMILES string of the molecule is COc1cc2nccc(Oc3cccc(Nc4ccc(N5CCC(N)CC5)cc4)c3)c2cc1OC. The molecule has 0 amide bonds. The van der Waals surface area contributed by atoms with Crippen LogP contribution in [-0.4, -0.2) is 38.3 Å². The van der Waals surface area contributed by atoms with Crippen LogP contribution < -0.4 is 30.2 Å². The molecular formula is C28H30N4O3. The van der Waals surface area contributed by atoms with Crippen LogP contribution in [0.4, 0.5) is 17.1 Å². The van der Waals surface area contributed by atoms with Gasteiger partial charge in [0.15, 0.2) is 11.5 Å². The highest BCUT2D eigenvalue weighted by atomic mass is 16.5. The van der Waals surface area contributed by atoms with Gasteiger partial charge in [0.1, 0.15) is 11.5 Å². The van der Waals surface area contributed by atoms with Crippen molar-refractivity contribution in [3.63, 3.8) is 0 Å². The summed E-state index contributed by atoms with van der Waals surface area (Å²) in [6.45, 7) is 2.02. The van der Waals surface area contributed by atoms with Crippen LogP contribution in [0.5, 0.6) is 23.0 Å². The van der Waals surface area contributed by atoms with Crippen LogP contribution in [0.3, 0.4) is 0 Å². The van der Waals surface area contributed by atoms with Gasteiger partial charge in [-0.15, -0.1) is 0 Å². The Labute approximate surface area is 205 Å². The van der Waals surface area contributed by atoms with E-state index in [9.17, 15) is 0 Å². The molecule has 0 spiro atoms. The summed E-state index contributed by atoms with van der Waals surface area (Å²) in [7, 11) is 3.23. The van der Waals surface area contributed by atoms with Gasteiger partial charge in [0.2, 0.25) is 0 Å². The monoisotopic (exact) mass is 470 g/mol. The van der Waals surface area contributed by atoms with Crippen molar-refractivity contribution in [2.24, 2.45) is 5.73 Å². The largest absolute Gasteiger partial charge is 0.493 e. The van der Waals surface area contributed by atoms with Crippen molar-refractivity contribution in [3.8, 4) is 23.0 Å². The van der Waals surface area contributed by atoms with Gasteiger partial charge < -0.3 is 30.2 Å². The lowest BCUT2D eigenvalue weighted by molar-refractivity contribution is 0.355. The van der Waals surface area contributed by atoms with Gasteiger partial charge in [-0.3, -0.25) is 4.98 Å². The van der Waals surface area contributed by atoms with Gasteiger partial charge in [0, 0.05) is 59.9 Å². The fourth-order valence-electron chi connectivity index (χ4n) is 4.38. The van der Waals surface area contributed by atoms with E-state index in [1.54, 1.807) is 20.4 Å². The first-order chi connectivity index (χ1) is 17.1. The van der Waals surface area contributed by atoms with Crippen molar-refractivity contribution >= 4 is 28.0 Å². The Bertz CT molecular complexity index is 1300. The summed E-state index contributed by atoms with van der Waals surface area (Å²) >= 11 is 0. The van der Waals surface area contributed by atoms with Gasteiger partial charge in [0.25, 0.3) is 0 Å². The first-order valence-corrected chi connectivity index (χ1v) is 11.8. The zero-order chi connectivity index (χ0) is 24.2. The molecule has 0 aliphatic carbocycles. The Balaban J connectivity index is 1.32. The maximum Gasteiger partial charge on any atom is 0.162 e. The second kappa shape index (κ2) is 10.1. The average molecular weight is 471 g/mol. The molecule has 1 fully saturated rings. The van der Waals surface area contributed by atoms with Crippen LogP contribution in [-0.2, 0) is 0 Å². The van der Waals surface area contributed by atoms with E-state index in [1.807, 2.05) is 42.5 Å². The molecule has 0 atom stereocenters. The summed E-state index contributed by atoms with van der Waals surface area (Å²) in [5, 5.41) is 4.32. The van der Waals surface area contributed by atoms with E-state index in [0.29, 0.717) is 23.3 Å². The Morgan fingerprint density at radius 3 is 2.34 bits per heavy atom. The molecule has 7 heteroatoms. The molecule has 1 aromatic heterocycles. The summed E-state index contributed by atoms with van der Waals surface area (Å²) in [6, 6.07) is 22.3. The first-order valence-electron chi connectivity index (χ1n) is 11.8. The predicted octanol–water partition coefficient (Wildman–Crippen LogP) is 5.72. The van der Waals surface area contributed by atoms with E-state index in [-0.39, 0.29) is 0 Å². The van der Waals surface area contributed by atoms with Crippen molar-refractivity contribution in [2.75, 3.05) is 37.5 Å². The number of methoxy groups -OCH3 is 2. The number of hydrogen-bond donors (Lipinski definition) is 2. The van der Waals surface area contributed by atoms with E-state index in [1.165, 1.54) is 5.69 Å². The third-order valence-corrected chi connectivity index (χ3v) is 6.33. The molecule has 3 N–H and O–H groups in total. The van der Waals surface area contributed by atoms with Gasteiger partial charge in [-0.1, -0.05) is 6.07 Å². The van der Waals surface area contributed by atoms with Crippen LogP contribution in [0.15, 0.2) is 72.9 Å². The zero-order valence-electron chi connectivity index (χ0n) is 20.0. The van der Waals surface area contributed by atoms with Crippen LogP contribution in [0.25, 0.3) is 10.9 Å². The number of rotatable bonds is 7. The topological polar surface area (TPSA) is 81.9 Å². The second-order valence-corrected chi connectivity index (χ2v) is 8.66. The number of fused-ring (bicyclic) bond motifs is 1. The van der Waals surface area contributed by atoms with Crippen molar-refractivity contribution in [3.05, 3.63) is 72.9 Å². The molecule has 1 saturated heterocycles. The molecule has 35 heavy (non-hydrogen) atoms. The molecule has 180 valence electrons. The number of anilines is 3. The normalized spacial score (nSPS) is 14.1. The van der Waals surface area contributed by atoms with Gasteiger partial charge in [-0.25, -0.2) is 0 Å². The minimum Gasteiger partial charge on any atom is -0.493 e. The quantitative estimate of drug-likeness (QED) is 0.358. The smallest absolute Gasteiger partial charge is 0.162 e. The Kier molecular flexibility index (Phi) is 6.59. The minimum absolute atomic E-state index is 0.330. The maximum atomic E-state index is 6.26. The van der Waals surface area contributed by atoms with E-state index < -0.39 is 0 Å². The van der Waals surface area contributed by atoms with Gasteiger partial charge in [-0.05, 0) is 61.4 Å². The van der Waals surface area contributed by atoms with Crippen molar-refractivity contribution in [2.45, 2.75) is 18.9 Å². The van der Waals surface area contributed by atoms with Crippen LogP contribution in [0.2, 0.25) is 0 Å². The fraction of sp³-hybridized carbons (Fsp3) is 0.250. The zero-order valence-corrected chi connectivity index (χ0v) is 20.0. The Morgan fingerprint density at radius 2 is 1.60 bits per heavy atom. The number of pyridine rings is 1. The highest BCUT2D eigenvalue weighted by Crippen LogP contribution is 2.37. The lowest BCUT2D eigenvalue weighted by atomic mass is 10.1. The van der Waals surface area contributed by atoms with Gasteiger partial charge >= 0.3 is 0 Å². The van der Waals surface area contributed by atoms with Gasteiger partial charge in [0.05, 0.1) is 19.7 Å². The van der Waals surface area contributed by atoms with Crippen molar-refractivity contribution < 1.29 is 14.2 Å². The molecule has 0 radical (unpaired) electrons. The third-order valence-electron chi connectivity index (χ3n) is 6.33. The highest BCUT2D eigenvalue weighted by molar-refractivity contribution is 5.88. The van der Waals surface area contributed by atoms with E-state index in [2.05, 4.69) is 39.5 Å². The van der Waals surface area contributed by atoms with Crippen LogP contribution >= 0.6 is 0 Å². The standard InChI is InChI=1S/C28H30N4O3/c1-33-27-17-24-25(18-28(27)34-2)30-13-10-26(24)35-23-5-3-4-21(16-23)31-20-6-8-22(9-7-20)32-14-11-19(29)12-15-32/h3-10,13,16-19,31H,11-12,14-15,29H2,1-2H3. The molecule has 1 aliphatic heterocycles. The molecule has 7 nitrogen and oxygen atoms in total. The lowest BCUT2D eigenvalue weighted by Gasteiger charge is -2.32. The molecule has 4 aromatic rings. The second-order valence-electron chi connectivity index (χ2n) is 8.66. The molecular weight excluding hydrogens is 440 g/mol. The predicted molar refractivity (Wildman–Crippen MR) is 141 cm³/mol. The van der Waals surface area contributed by atoms with Gasteiger partial charge in [-0.2, -0.15) is 0 Å². The number of nitrogens with zero attached hydrogens (tertiary/aromatic N) is 2. The molecule has 0 saturated carbocycles. The van der Waals surface area contributed by atoms with Crippen molar-refractivity contribution in [1.82, 2.24) is 4.98 Å². The molecule has 5 rings (SSSR count). The number of aromatic nitrogens is 1. The van der Waals surface area contributed by atoms with Crippen LogP contribution in [0.1, 0.15) is 12.8 Å². The number of hydrogen-bond acceptors (Lipinski definition) is 7. The van der Waals surface area contributed by atoms with E-state index in [4.69, 9.17) is 19.9 Å². The number of nitrogens with two attached hydrogens (primary N) is 1. The number of piperidine rings is 1. The Hall–Kier alpha value is -3.97. The Morgan fingerprint density at radius 1 is 0.857 bits per heavy atom. The minimum atomic E-state index is 0.330. The average Bonchev–Trinajstić information content (AvgIpc) is 2.89. The van der Waals surface area contributed by atoms with E-state index >= 15 is 0 Å². The number of ether oxygens (including phenoxy) is 3. The molecule has 3 aromatic carbocycles. The molecule has 0 bridgehead atoms. The molecule has 0 unspecified atom stereocenters. The summed E-state index contributed by atoms with van der Waals surface area (Å²) < 4.78 is 17.1. The van der Waals surface area contributed by atoms with E-state index in [0.717, 1.165) is 54.0 Å². The number of nitrogens with one attached hydrogen (secondary N) is 1. The first kappa shape index (κ1) is 22.8. The maximum absolute atomic E-state index is 6.26.